The molecule has 1 aliphatic heterocycles. The summed E-state index contributed by atoms with van der Waals surface area (Å²) in [5.74, 6) is 1.15. The van der Waals surface area contributed by atoms with Gasteiger partial charge in [-0.3, -0.25) is 0 Å². The molecule has 19 heavy (non-hydrogen) atoms. The average molecular weight is 261 g/mol. The predicted molar refractivity (Wildman–Crippen MR) is 81.4 cm³/mol. The van der Waals surface area contributed by atoms with Crippen molar-refractivity contribution in [2.45, 2.75) is 52.5 Å². The summed E-state index contributed by atoms with van der Waals surface area (Å²) in [6, 6.07) is 4.37. The normalized spacial score (nSPS) is 20.3. The molecule has 1 unspecified atom stereocenters. The van der Waals surface area contributed by atoms with Gasteiger partial charge in [0.05, 0.1) is 0 Å². The minimum Gasteiger partial charge on any atom is -0.356 e. The van der Waals surface area contributed by atoms with Crippen molar-refractivity contribution in [3.63, 3.8) is 0 Å². The highest BCUT2D eigenvalue weighted by Crippen LogP contribution is 2.35. The van der Waals surface area contributed by atoms with Gasteiger partial charge in [-0.05, 0) is 43.2 Å². The first kappa shape index (κ1) is 14.3. The van der Waals surface area contributed by atoms with Crippen molar-refractivity contribution >= 4 is 5.82 Å². The summed E-state index contributed by atoms with van der Waals surface area (Å²) in [5.41, 5.74) is 7.75. The lowest BCUT2D eigenvalue weighted by Gasteiger charge is -2.40. The van der Waals surface area contributed by atoms with Gasteiger partial charge < -0.3 is 10.6 Å². The molecule has 2 heterocycles. The standard InChI is InChI=1S/C16H27N3/c1-4-16(3)7-10-19(11-8-16)15-14(12-13(2)17)6-5-9-18-15/h5-6,9,13H,4,7-8,10-12,17H2,1-3H3. The maximum absolute atomic E-state index is 5.94. The maximum atomic E-state index is 5.94. The van der Waals surface area contributed by atoms with Crippen molar-refractivity contribution in [3.8, 4) is 0 Å². The van der Waals surface area contributed by atoms with E-state index >= 15 is 0 Å². The SMILES string of the molecule is CCC1(C)CCN(c2ncccc2CC(C)N)CC1. The van der Waals surface area contributed by atoms with Gasteiger partial charge in [0.15, 0.2) is 0 Å². The van der Waals surface area contributed by atoms with Crippen LogP contribution in [0, 0.1) is 5.41 Å². The summed E-state index contributed by atoms with van der Waals surface area (Å²) in [6.07, 6.45) is 6.60. The first-order valence-electron chi connectivity index (χ1n) is 7.48. The Morgan fingerprint density at radius 3 is 2.68 bits per heavy atom. The zero-order valence-corrected chi connectivity index (χ0v) is 12.5. The van der Waals surface area contributed by atoms with Gasteiger partial charge in [-0.1, -0.05) is 26.3 Å². The van der Waals surface area contributed by atoms with Crippen molar-refractivity contribution in [1.82, 2.24) is 4.98 Å². The topological polar surface area (TPSA) is 42.2 Å². The molecule has 2 rings (SSSR count). The van der Waals surface area contributed by atoms with Gasteiger partial charge in [-0.25, -0.2) is 4.98 Å². The van der Waals surface area contributed by atoms with Crippen molar-refractivity contribution in [1.29, 1.82) is 0 Å². The molecule has 0 aromatic carbocycles. The Bertz CT molecular complexity index is 406. The van der Waals surface area contributed by atoms with Gasteiger partial charge in [0, 0.05) is 25.3 Å². The van der Waals surface area contributed by atoms with Crippen LogP contribution in [0.3, 0.4) is 0 Å². The quantitative estimate of drug-likeness (QED) is 0.906. The van der Waals surface area contributed by atoms with Gasteiger partial charge in [-0.15, -0.1) is 0 Å². The highest BCUT2D eigenvalue weighted by atomic mass is 15.2. The van der Waals surface area contributed by atoms with Crippen LogP contribution in [0.2, 0.25) is 0 Å². The Kier molecular flexibility index (Phi) is 4.46. The third-order valence-electron chi connectivity index (χ3n) is 4.53. The minimum absolute atomic E-state index is 0.189. The smallest absolute Gasteiger partial charge is 0.131 e. The van der Waals surface area contributed by atoms with Crippen LogP contribution < -0.4 is 10.6 Å². The lowest BCUT2D eigenvalue weighted by Crippen LogP contribution is -2.39. The van der Waals surface area contributed by atoms with Crippen LogP contribution >= 0.6 is 0 Å². The Morgan fingerprint density at radius 2 is 2.11 bits per heavy atom. The van der Waals surface area contributed by atoms with E-state index in [4.69, 9.17) is 5.73 Å². The van der Waals surface area contributed by atoms with Crippen LogP contribution in [0.5, 0.6) is 0 Å². The Balaban J connectivity index is 2.11. The number of hydrogen-bond donors (Lipinski definition) is 1. The molecule has 3 nitrogen and oxygen atoms in total. The fourth-order valence-electron chi connectivity index (χ4n) is 2.83. The number of pyridine rings is 1. The van der Waals surface area contributed by atoms with Crippen molar-refractivity contribution in [2.75, 3.05) is 18.0 Å². The van der Waals surface area contributed by atoms with Crippen LogP contribution in [0.15, 0.2) is 18.3 Å². The van der Waals surface area contributed by atoms with E-state index in [2.05, 4.69) is 36.7 Å². The number of hydrogen-bond acceptors (Lipinski definition) is 3. The fourth-order valence-corrected chi connectivity index (χ4v) is 2.83. The molecule has 0 amide bonds. The van der Waals surface area contributed by atoms with E-state index in [0.29, 0.717) is 5.41 Å². The van der Waals surface area contributed by atoms with E-state index in [0.717, 1.165) is 25.3 Å². The van der Waals surface area contributed by atoms with Gasteiger partial charge >= 0.3 is 0 Å². The zero-order valence-electron chi connectivity index (χ0n) is 12.5. The molecule has 1 saturated heterocycles. The van der Waals surface area contributed by atoms with Crippen molar-refractivity contribution in [2.24, 2.45) is 11.1 Å². The summed E-state index contributed by atoms with van der Waals surface area (Å²) >= 11 is 0. The molecule has 1 atom stereocenters. The minimum atomic E-state index is 0.189. The first-order chi connectivity index (χ1) is 9.04. The Hall–Kier alpha value is -1.09. The van der Waals surface area contributed by atoms with Gasteiger partial charge in [0.25, 0.3) is 0 Å². The number of aromatic nitrogens is 1. The molecule has 0 bridgehead atoms. The monoisotopic (exact) mass is 261 g/mol. The Morgan fingerprint density at radius 1 is 1.42 bits per heavy atom. The van der Waals surface area contributed by atoms with E-state index in [1.807, 2.05) is 12.3 Å². The first-order valence-corrected chi connectivity index (χ1v) is 7.48. The highest BCUT2D eigenvalue weighted by Gasteiger charge is 2.29. The molecule has 0 radical (unpaired) electrons. The lowest BCUT2D eigenvalue weighted by molar-refractivity contribution is 0.237. The fraction of sp³-hybridized carbons (Fsp3) is 0.688. The van der Waals surface area contributed by atoms with Gasteiger partial charge in [-0.2, -0.15) is 0 Å². The van der Waals surface area contributed by atoms with Crippen molar-refractivity contribution in [3.05, 3.63) is 23.9 Å². The van der Waals surface area contributed by atoms with Crippen LogP contribution in [0.25, 0.3) is 0 Å². The molecule has 3 heteroatoms. The second-order valence-corrected chi connectivity index (χ2v) is 6.32. The molecule has 106 valence electrons. The van der Waals surface area contributed by atoms with Crippen LogP contribution in [-0.2, 0) is 6.42 Å². The summed E-state index contributed by atoms with van der Waals surface area (Å²) in [7, 11) is 0. The molecule has 1 aromatic heterocycles. The van der Waals surface area contributed by atoms with Crippen LogP contribution in [-0.4, -0.2) is 24.1 Å². The van der Waals surface area contributed by atoms with Crippen molar-refractivity contribution < 1.29 is 0 Å². The summed E-state index contributed by atoms with van der Waals surface area (Å²) < 4.78 is 0. The summed E-state index contributed by atoms with van der Waals surface area (Å²) in [6.45, 7) is 9.01. The molecule has 0 saturated carbocycles. The number of anilines is 1. The molecular weight excluding hydrogens is 234 g/mol. The molecule has 0 aliphatic carbocycles. The molecule has 2 N–H and O–H groups in total. The second-order valence-electron chi connectivity index (χ2n) is 6.32. The van der Waals surface area contributed by atoms with E-state index in [9.17, 15) is 0 Å². The molecule has 1 aliphatic rings. The average Bonchev–Trinajstić information content (AvgIpc) is 2.40. The third-order valence-corrected chi connectivity index (χ3v) is 4.53. The van der Waals surface area contributed by atoms with E-state index < -0.39 is 0 Å². The summed E-state index contributed by atoms with van der Waals surface area (Å²) in [5, 5.41) is 0. The zero-order chi connectivity index (χ0) is 13.9. The Labute approximate surface area is 117 Å². The van der Waals surface area contributed by atoms with Crippen LogP contribution in [0.4, 0.5) is 5.82 Å². The molecule has 1 fully saturated rings. The second kappa shape index (κ2) is 5.91. The largest absolute Gasteiger partial charge is 0.356 e. The van der Waals surface area contributed by atoms with Gasteiger partial charge in [0.2, 0.25) is 0 Å². The molecule has 1 aromatic rings. The van der Waals surface area contributed by atoms with E-state index in [1.165, 1.54) is 24.8 Å². The number of nitrogens with two attached hydrogens (primary N) is 1. The van der Waals surface area contributed by atoms with Crippen LogP contribution in [0.1, 0.15) is 45.6 Å². The number of piperidine rings is 1. The number of rotatable bonds is 4. The van der Waals surface area contributed by atoms with E-state index in [-0.39, 0.29) is 6.04 Å². The predicted octanol–water partition coefficient (Wildman–Crippen LogP) is 2.99. The maximum Gasteiger partial charge on any atom is 0.131 e. The number of nitrogens with zero attached hydrogens (tertiary/aromatic N) is 2. The van der Waals surface area contributed by atoms with E-state index in [1.54, 1.807) is 0 Å². The summed E-state index contributed by atoms with van der Waals surface area (Å²) in [4.78, 5) is 7.04. The lowest BCUT2D eigenvalue weighted by atomic mass is 9.78. The van der Waals surface area contributed by atoms with Gasteiger partial charge in [0.1, 0.15) is 5.82 Å². The highest BCUT2D eigenvalue weighted by molar-refractivity contribution is 5.47. The molecular formula is C16H27N3. The third kappa shape index (κ3) is 3.47. The molecule has 0 spiro atoms.